The van der Waals surface area contributed by atoms with Crippen LogP contribution in [0.5, 0.6) is 5.75 Å². The minimum absolute atomic E-state index is 0.0190. The van der Waals surface area contributed by atoms with Gasteiger partial charge in [0.2, 0.25) is 23.6 Å². The van der Waals surface area contributed by atoms with Crippen LogP contribution in [0, 0.1) is 10.1 Å². The molecule has 0 saturated heterocycles. The van der Waals surface area contributed by atoms with E-state index in [0.29, 0.717) is 5.56 Å². The van der Waals surface area contributed by atoms with Crippen LogP contribution < -0.4 is 49.9 Å². The number of nitrogens with two attached hydrogens (primary N) is 5. The average Bonchev–Trinajstić information content (AvgIpc) is 3.06. The zero-order chi connectivity index (χ0) is 37.2. The van der Waals surface area contributed by atoms with E-state index < -0.39 is 59.3 Å². The first-order chi connectivity index (χ1) is 23.7. The number of aliphatic imine (C=N–C) groups is 2. The average molecular weight is 701 g/mol. The molecule has 2 aromatic rings. The molecule has 20 nitrogen and oxygen atoms in total. The number of amides is 4. The third kappa shape index (κ3) is 14.4. The third-order valence-corrected chi connectivity index (χ3v) is 7.05. The molecule has 50 heavy (non-hydrogen) atoms. The molecule has 0 radical (unpaired) electrons. The topological polar surface area (TPSA) is 355 Å². The third-order valence-electron chi connectivity index (χ3n) is 7.05. The number of non-ortho nitro benzene ring substituents is 1. The number of nitro groups is 1. The summed E-state index contributed by atoms with van der Waals surface area (Å²) in [5.41, 5.74) is 28.2. The van der Waals surface area contributed by atoms with E-state index in [1.807, 2.05) is 0 Å². The number of nitrogens with zero attached hydrogens (tertiary/aromatic N) is 3. The van der Waals surface area contributed by atoms with Gasteiger partial charge in [0, 0.05) is 30.9 Å². The highest BCUT2D eigenvalue weighted by Gasteiger charge is 2.30. The lowest BCUT2D eigenvalue weighted by atomic mass is 10.0. The Morgan fingerprint density at radius 2 is 1.22 bits per heavy atom. The number of carbonyl (C=O) groups is 4. The number of phenolic OH excluding ortho intramolecular Hbond substituents is 1. The van der Waals surface area contributed by atoms with Gasteiger partial charge in [-0.15, -0.1) is 0 Å². The van der Waals surface area contributed by atoms with Gasteiger partial charge in [0.05, 0.1) is 17.6 Å². The number of guanidine groups is 2. The van der Waals surface area contributed by atoms with Crippen molar-refractivity contribution in [2.45, 2.75) is 56.3 Å². The second kappa shape index (κ2) is 20.4. The molecule has 0 fully saturated rings. The van der Waals surface area contributed by atoms with Crippen molar-refractivity contribution in [3.8, 4) is 5.75 Å². The van der Waals surface area contributed by atoms with Crippen LogP contribution in [0.15, 0.2) is 58.5 Å². The number of hydrogen-bond donors (Lipinski definition) is 11. The summed E-state index contributed by atoms with van der Waals surface area (Å²) in [6.45, 7) is -0.635. The number of anilines is 1. The van der Waals surface area contributed by atoms with Crippen molar-refractivity contribution in [2.24, 2.45) is 38.7 Å². The SMILES string of the molecule is NC(N)=NCCC[C@H](NC(=O)[C@H](CO)NC(=O)[C@H](CCCN=C(N)N)NC(=O)[C@@H](N)Cc1ccc(O)cc1)C(=O)Nc1ccc([N+](=O)[O-])cc1. The highest BCUT2D eigenvalue weighted by molar-refractivity contribution is 5.99. The molecule has 0 aliphatic rings. The Bertz CT molecular complexity index is 1510. The minimum Gasteiger partial charge on any atom is -0.508 e. The van der Waals surface area contributed by atoms with Gasteiger partial charge in [-0.05, 0) is 61.9 Å². The predicted octanol–water partition coefficient (Wildman–Crippen LogP) is -2.64. The lowest BCUT2D eigenvalue weighted by molar-refractivity contribution is -0.384. The lowest BCUT2D eigenvalue weighted by Crippen LogP contribution is -2.58. The lowest BCUT2D eigenvalue weighted by Gasteiger charge is -2.25. The summed E-state index contributed by atoms with van der Waals surface area (Å²) >= 11 is 0. The molecular weight excluding hydrogens is 656 g/mol. The van der Waals surface area contributed by atoms with Gasteiger partial charge in [-0.1, -0.05) is 12.1 Å². The molecule has 272 valence electrons. The van der Waals surface area contributed by atoms with Gasteiger partial charge in [-0.2, -0.15) is 0 Å². The largest absolute Gasteiger partial charge is 0.508 e. The Kier molecular flexibility index (Phi) is 16.4. The van der Waals surface area contributed by atoms with E-state index in [-0.39, 0.29) is 74.2 Å². The van der Waals surface area contributed by atoms with E-state index in [2.05, 4.69) is 31.3 Å². The summed E-state index contributed by atoms with van der Waals surface area (Å²) < 4.78 is 0. The van der Waals surface area contributed by atoms with Gasteiger partial charge < -0.3 is 60.1 Å². The van der Waals surface area contributed by atoms with E-state index in [1.165, 1.54) is 36.4 Å². The first kappa shape index (κ1) is 40.2. The van der Waals surface area contributed by atoms with Crippen LogP contribution in [0.4, 0.5) is 11.4 Å². The summed E-state index contributed by atoms with van der Waals surface area (Å²) in [6, 6.07) is 5.96. The van der Waals surface area contributed by atoms with Crippen LogP contribution in [-0.2, 0) is 25.6 Å². The number of aliphatic hydroxyl groups is 1. The fraction of sp³-hybridized carbons (Fsp3) is 0.400. The van der Waals surface area contributed by atoms with E-state index in [0.717, 1.165) is 0 Å². The number of hydrogen-bond acceptors (Lipinski definition) is 11. The summed E-state index contributed by atoms with van der Waals surface area (Å²) in [4.78, 5) is 70.9. The number of carbonyl (C=O) groups excluding carboxylic acids is 4. The Morgan fingerprint density at radius 1 is 0.740 bits per heavy atom. The fourth-order valence-corrected chi connectivity index (χ4v) is 4.44. The Balaban J connectivity index is 2.17. The molecule has 20 heteroatoms. The first-order valence-electron chi connectivity index (χ1n) is 15.4. The number of rotatable bonds is 20. The molecule has 0 aliphatic carbocycles. The maximum Gasteiger partial charge on any atom is 0.269 e. The fourth-order valence-electron chi connectivity index (χ4n) is 4.44. The number of benzene rings is 2. The second-order valence-corrected chi connectivity index (χ2v) is 11.0. The number of phenols is 1. The van der Waals surface area contributed by atoms with E-state index >= 15 is 0 Å². The zero-order valence-electron chi connectivity index (χ0n) is 27.2. The molecule has 2 rings (SSSR count). The molecule has 0 aromatic heterocycles. The van der Waals surface area contributed by atoms with Gasteiger partial charge in [-0.3, -0.25) is 39.3 Å². The standard InChI is InChI=1S/C30H44N12O8/c31-21(15-17-5-11-20(44)12-6-17)25(45)39-23(4-2-14-37-30(34)35)27(47)41-24(16-43)28(48)40-22(3-1-13-36-29(32)33)26(46)38-18-7-9-19(10-8-18)42(49)50/h5-12,21-24,43-44H,1-4,13-16,31H2,(H,38,46)(H,39,45)(H,40,48)(H,41,47)(H4,32,33,36)(H4,34,35,37)/t21-,22-,23-,24-/m0/s1. The van der Waals surface area contributed by atoms with Gasteiger partial charge in [0.25, 0.3) is 5.69 Å². The molecule has 0 unspecified atom stereocenters. The smallest absolute Gasteiger partial charge is 0.269 e. The van der Waals surface area contributed by atoms with Gasteiger partial charge >= 0.3 is 0 Å². The molecular formula is C30H44N12O8. The van der Waals surface area contributed by atoms with E-state index in [9.17, 15) is 39.5 Å². The second-order valence-electron chi connectivity index (χ2n) is 11.0. The van der Waals surface area contributed by atoms with Gasteiger partial charge in [0.1, 0.15) is 23.9 Å². The van der Waals surface area contributed by atoms with Crippen LogP contribution >= 0.6 is 0 Å². The van der Waals surface area contributed by atoms with Crippen LogP contribution in [0.1, 0.15) is 31.2 Å². The molecule has 0 aliphatic heterocycles. The monoisotopic (exact) mass is 700 g/mol. The Hall–Kier alpha value is -6.02. The first-order valence-corrected chi connectivity index (χ1v) is 15.4. The predicted molar refractivity (Wildman–Crippen MR) is 184 cm³/mol. The van der Waals surface area contributed by atoms with Crippen molar-refractivity contribution < 1.29 is 34.3 Å². The quantitative estimate of drug-likeness (QED) is 0.0221. The van der Waals surface area contributed by atoms with E-state index in [1.54, 1.807) is 12.1 Å². The molecule has 16 N–H and O–H groups in total. The maximum atomic E-state index is 13.4. The van der Waals surface area contributed by atoms with Crippen LogP contribution in [0.2, 0.25) is 0 Å². The van der Waals surface area contributed by atoms with Crippen molar-refractivity contribution in [1.82, 2.24) is 16.0 Å². The van der Waals surface area contributed by atoms with Crippen molar-refractivity contribution in [3.63, 3.8) is 0 Å². The number of aliphatic hydroxyl groups excluding tert-OH is 1. The molecule has 2 aromatic carbocycles. The van der Waals surface area contributed by atoms with Crippen molar-refractivity contribution in [3.05, 3.63) is 64.2 Å². The normalized spacial score (nSPS) is 13.0. The number of nitro benzene ring substituents is 1. The highest BCUT2D eigenvalue weighted by atomic mass is 16.6. The summed E-state index contributed by atoms with van der Waals surface area (Å²) in [5.74, 6) is -3.47. The van der Waals surface area contributed by atoms with Crippen LogP contribution in [0.3, 0.4) is 0 Å². The van der Waals surface area contributed by atoms with Crippen molar-refractivity contribution in [2.75, 3.05) is 25.0 Å². The Labute approximate surface area is 287 Å². The molecule has 4 atom stereocenters. The van der Waals surface area contributed by atoms with Crippen molar-refractivity contribution >= 4 is 46.9 Å². The molecule has 4 amide bonds. The zero-order valence-corrected chi connectivity index (χ0v) is 27.2. The van der Waals surface area contributed by atoms with Gasteiger partial charge in [-0.25, -0.2) is 0 Å². The van der Waals surface area contributed by atoms with E-state index in [4.69, 9.17) is 28.7 Å². The minimum atomic E-state index is -1.56. The van der Waals surface area contributed by atoms with Crippen molar-refractivity contribution in [1.29, 1.82) is 0 Å². The number of aromatic hydroxyl groups is 1. The van der Waals surface area contributed by atoms with Crippen LogP contribution in [0.25, 0.3) is 0 Å². The molecule has 0 spiro atoms. The summed E-state index contributed by atoms with van der Waals surface area (Å²) in [5, 5.41) is 40.5. The van der Waals surface area contributed by atoms with Crippen LogP contribution in [-0.4, -0.2) is 94.5 Å². The number of nitrogens with one attached hydrogen (secondary N) is 4. The van der Waals surface area contributed by atoms with Gasteiger partial charge in [0.15, 0.2) is 11.9 Å². The highest BCUT2D eigenvalue weighted by Crippen LogP contribution is 2.16. The summed E-state index contributed by atoms with van der Waals surface area (Å²) in [7, 11) is 0. The maximum absolute atomic E-state index is 13.4. The molecule has 0 heterocycles. The Morgan fingerprint density at radius 3 is 1.72 bits per heavy atom. The molecule has 0 saturated carbocycles. The molecule has 0 bridgehead atoms. The summed E-state index contributed by atoms with van der Waals surface area (Å²) in [6.07, 6.45) is 0.602.